The Bertz CT molecular complexity index is 390. The molecule has 2 amide bonds. The van der Waals surface area contributed by atoms with Crippen LogP contribution in [0.15, 0.2) is 30.3 Å². The molecular formula is C15H24N2O2. The number of carbonyl (C=O) groups excluding carboxylic acids is 1. The van der Waals surface area contributed by atoms with E-state index < -0.39 is 0 Å². The van der Waals surface area contributed by atoms with Gasteiger partial charge in [0.05, 0.1) is 6.61 Å². The molecule has 2 N–H and O–H groups in total. The van der Waals surface area contributed by atoms with E-state index in [0.29, 0.717) is 13.1 Å². The predicted molar refractivity (Wildman–Crippen MR) is 77.0 cm³/mol. The highest BCUT2D eigenvalue weighted by molar-refractivity contribution is 5.73. The van der Waals surface area contributed by atoms with Crippen molar-refractivity contribution in [1.29, 1.82) is 0 Å². The number of benzene rings is 1. The lowest BCUT2D eigenvalue weighted by Gasteiger charge is -2.26. The van der Waals surface area contributed by atoms with Gasteiger partial charge < -0.3 is 15.3 Å². The molecule has 0 radical (unpaired) electrons. The van der Waals surface area contributed by atoms with Crippen LogP contribution in [-0.4, -0.2) is 42.8 Å². The molecule has 106 valence electrons. The van der Waals surface area contributed by atoms with Gasteiger partial charge in [-0.1, -0.05) is 44.2 Å². The maximum Gasteiger partial charge on any atom is 0.317 e. The van der Waals surface area contributed by atoms with Crippen molar-refractivity contribution in [3.8, 4) is 0 Å². The van der Waals surface area contributed by atoms with Crippen molar-refractivity contribution in [1.82, 2.24) is 10.2 Å². The molecule has 0 aromatic heterocycles. The number of hydrogen-bond acceptors (Lipinski definition) is 2. The topological polar surface area (TPSA) is 52.6 Å². The van der Waals surface area contributed by atoms with Gasteiger partial charge in [-0.25, -0.2) is 4.79 Å². The van der Waals surface area contributed by atoms with Crippen molar-refractivity contribution in [2.45, 2.75) is 20.3 Å². The maximum atomic E-state index is 11.7. The Morgan fingerprint density at radius 2 is 1.95 bits per heavy atom. The second-order valence-electron chi connectivity index (χ2n) is 5.63. The highest BCUT2D eigenvalue weighted by Gasteiger charge is 2.20. The van der Waals surface area contributed by atoms with E-state index in [9.17, 15) is 4.79 Å². The smallest absolute Gasteiger partial charge is 0.317 e. The number of aliphatic hydroxyl groups excluding tert-OH is 1. The van der Waals surface area contributed by atoms with Crippen molar-refractivity contribution < 1.29 is 9.90 Å². The normalized spacial score (nSPS) is 11.2. The van der Waals surface area contributed by atoms with Gasteiger partial charge in [-0.2, -0.15) is 0 Å². The summed E-state index contributed by atoms with van der Waals surface area (Å²) in [4.78, 5) is 13.2. The first-order valence-corrected chi connectivity index (χ1v) is 6.58. The van der Waals surface area contributed by atoms with E-state index in [0.717, 1.165) is 6.42 Å². The second kappa shape index (κ2) is 7.14. The lowest BCUT2D eigenvalue weighted by molar-refractivity contribution is 0.185. The van der Waals surface area contributed by atoms with Gasteiger partial charge in [0, 0.05) is 20.1 Å². The van der Waals surface area contributed by atoms with Gasteiger partial charge in [0.1, 0.15) is 0 Å². The van der Waals surface area contributed by atoms with Crippen molar-refractivity contribution in [2.24, 2.45) is 5.41 Å². The fourth-order valence-corrected chi connectivity index (χ4v) is 1.91. The van der Waals surface area contributed by atoms with Gasteiger partial charge in [0.25, 0.3) is 0 Å². The standard InChI is InChI=1S/C15H24N2O2/c1-15(2,11-13-7-5-4-6-8-13)12-16-14(19)17(3)9-10-18/h4-8,18H,9-12H2,1-3H3,(H,16,19). The molecule has 0 aliphatic heterocycles. The van der Waals surface area contributed by atoms with Gasteiger partial charge in [-0.15, -0.1) is 0 Å². The van der Waals surface area contributed by atoms with Crippen LogP contribution in [0.5, 0.6) is 0 Å². The van der Waals surface area contributed by atoms with E-state index in [4.69, 9.17) is 5.11 Å². The minimum Gasteiger partial charge on any atom is -0.395 e. The van der Waals surface area contributed by atoms with Crippen LogP contribution in [0, 0.1) is 5.41 Å². The van der Waals surface area contributed by atoms with Crippen molar-refractivity contribution in [2.75, 3.05) is 26.7 Å². The highest BCUT2D eigenvalue weighted by Crippen LogP contribution is 2.20. The molecule has 1 rings (SSSR count). The first kappa shape index (κ1) is 15.5. The molecule has 0 saturated heterocycles. The summed E-state index contributed by atoms with van der Waals surface area (Å²) in [7, 11) is 1.68. The first-order valence-electron chi connectivity index (χ1n) is 6.58. The lowest BCUT2D eigenvalue weighted by atomic mass is 9.86. The Balaban J connectivity index is 2.44. The summed E-state index contributed by atoms with van der Waals surface area (Å²) in [6, 6.07) is 10.1. The number of likely N-dealkylation sites (N-methyl/N-ethyl adjacent to an activating group) is 1. The number of nitrogens with zero attached hydrogens (tertiary/aromatic N) is 1. The zero-order chi connectivity index (χ0) is 14.3. The third kappa shape index (κ3) is 5.75. The third-order valence-corrected chi connectivity index (χ3v) is 3.03. The van der Waals surface area contributed by atoms with Gasteiger partial charge in [-0.3, -0.25) is 0 Å². The quantitative estimate of drug-likeness (QED) is 0.824. The molecule has 0 spiro atoms. The zero-order valence-electron chi connectivity index (χ0n) is 12.0. The molecule has 4 nitrogen and oxygen atoms in total. The molecule has 0 unspecified atom stereocenters. The molecule has 1 aromatic carbocycles. The summed E-state index contributed by atoms with van der Waals surface area (Å²) >= 11 is 0. The van der Waals surface area contributed by atoms with Gasteiger partial charge >= 0.3 is 6.03 Å². The average Bonchev–Trinajstić information content (AvgIpc) is 2.37. The Hall–Kier alpha value is -1.55. The van der Waals surface area contributed by atoms with Crippen molar-refractivity contribution >= 4 is 6.03 Å². The van der Waals surface area contributed by atoms with E-state index >= 15 is 0 Å². The Kier molecular flexibility index (Phi) is 5.83. The van der Waals surface area contributed by atoms with Crippen LogP contribution >= 0.6 is 0 Å². The summed E-state index contributed by atoms with van der Waals surface area (Å²) < 4.78 is 0. The number of hydrogen-bond donors (Lipinski definition) is 2. The number of carbonyl (C=O) groups is 1. The molecule has 0 aliphatic carbocycles. The molecule has 0 fully saturated rings. The predicted octanol–water partition coefficient (Wildman–Crippen LogP) is 1.89. The molecular weight excluding hydrogens is 240 g/mol. The molecule has 4 heteroatoms. The van der Waals surface area contributed by atoms with Gasteiger partial charge in [0.15, 0.2) is 0 Å². The summed E-state index contributed by atoms with van der Waals surface area (Å²) in [5.41, 5.74) is 1.27. The minimum absolute atomic E-state index is 0.00291. The van der Waals surface area contributed by atoms with E-state index in [1.54, 1.807) is 7.05 Å². The number of aliphatic hydroxyl groups is 1. The number of amides is 2. The van der Waals surface area contributed by atoms with Crippen molar-refractivity contribution in [3.05, 3.63) is 35.9 Å². The first-order chi connectivity index (χ1) is 8.94. The Morgan fingerprint density at radius 3 is 2.53 bits per heavy atom. The number of nitrogens with one attached hydrogen (secondary N) is 1. The van der Waals surface area contributed by atoms with Gasteiger partial charge in [-0.05, 0) is 17.4 Å². The molecule has 0 heterocycles. The van der Waals surface area contributed by atoms with Crippen molar-refractivity contribution in [3.63, 3.8) is 0 Å². The zero-order valence-corrected chi connectivity index (χ0v) is 12.0. The number of urea groups is 1. The highest BCUT2D eigenvalue weighted by atomic mass is 16.3. The van der Waals surface area contributed by atoms with Crippen LogP contribution in [0.3, 0.4) is 0 Å². The Morgan fingerprint density at radius 1 is 1.32 bits per heavy atom. The van der Waals surface area contributed by atoms with Crippen LogP contribution in [0.25, 0.3) is 0 Å². The molecule has 0 atom stereocenters. The van der Waals surface area contributed by atoms with E-state index in [1.165, 1.54) is 10.5 Å². The fraction of sp³-hybridized carbons (Fsp3) is 0.533. The number of rotatable bonds is 6. The van der Waals surface area contributed by atoms with Crippen LogP contribution < -0.4 is 5.32 Å². The summed E-state index contributed by atoms with van der Waals surface area (Å²) in [5, 5.41) is 11.7. The third-order valence-electron chi connectivity index (χ3n) is 3.03. The van der Waals surface area contributed by atoms with Crippen LogP contribution in [0.1, 0.15) is 19.4 Å². The Labute approximate surface area is 115 Å². The molecule has 0 bridgehead atoms. The van der Waals surface area contributed by atoms with Gasteiger partial charge in [0.2, 0.25) is 0 Å². The summed E-state index contributed by atoms with van der Waals surface area (Å²) in [6.07, 6.45) is 0.915. The van der Waals surface area contributed by atoms with E-state index in [-0.39, 0.29) is 18.1 Å². The summed E-state index contributed by atoms with van der Waals surface area (Å²) in [5.74, 6) is 0. The molecule has 19 heavy (non-hydrogen) atoms. The molecule has 1 aromatic rings. The largest absolute Gasteiger partial charge is 0.395 e. The van der Waals surface area contributed by atoms with Crippen LogP contribution in [0.2, 0.25) is 0 Å². The maximum absolute atomic E-state index is 11.7. The SMILES string of the molecule is CN(CCO)C(=O)NCC(C)(C)Cc1ccccc1. The van der Waals surface area contributed by atoms with Crippen LogP contribution in [-0.2, 0) is 6.42 Å². The average molecular weight is 264 g/mol. The lowest BCUT2D eigenvalue weighted by Crippen LogP contribution is -2.43. The monoisotopic (exact) mass is 264 g/mol. The van der Waals surface area contributed by atoms with E-state index in [1.807, 2.05) is 18.2 Å². The second-order valence-corrected chi connectivity index (χ2v) is 5.63. The molecule has 0 saturated carbocycles. The molecule has 0 aliphatic rings. The fourth-order valence-electron chi connectivity index (χ4n) is 1.91. The van der Waals surface area contributed by atoms with E-state index in [2.05, 4.69) is 31.3 Å². The van der Waals surface area contributed by atoms with Crippen LogP contribution in [0.4, 0.5) is 4.79 Å². The minimum atomic E-state index is -0.143. The summed E-state index contributed by atoms with van der Waals surface area (Å²) in [6.45, 7) is 5.21.